The molecule has 184 valence electrons. The van der Waals surface area contributed by atoms with Gasteiger partial charge < -0.3 is 10.1 Å². The van der Waals surface area contributed by atoms with Gasteiger partial charge in [-0.3, -0.25) is 14.8 Å². The molecule has 1 aliphatic rings. The van der Waals surface area contributed by atoms with E-state index < -0.39 is 0 Å². The summed E-state index contributed by atoms with van der Waals surface area (Å²) in [6, 6.07) is 16.9. The predicted octanol–water partition coefficient (Wildman–Crippen LogP) is 6.31. The van der Waals surface area contributed by atoms with Gasteiger partial charge in [0.1, 0.15) is 11.6 Å². The molecule has 2 aromatic carbocycles. The van der Waals surface area contributed by atoms with Crippen LogP contribution >= 0.6 is 0 Å². The first-order valence-electron chi connectivity index (χ1n) is 12.3. The van der Waals surface area contributed by atoms with Crippen molar-refractivity contribution in [1.82, 2.24) is 14.8 Å². The van der Waals surface area contributed by atoms with Gasteiger partial charge in [-0.1, -0.05) is 49.6 Å². The number of anilines is 1. The number of benzene rings is 2. The van der Waals surface area contributed by atoms with Crippen molar-refractivity contribution in [2.24, 2.45) is 0 Å². The summed E-state index contributed by atoms with van der Waals surface area (Å²) in [5.74, 6) is 1.65. The van der Waals surface area contributed by atoms with Crippen molar-refractivity contribution in [3.05, 3.63) is 87.7 Å². The van der Waals surface area contributed by atoms with E-state index in [0.29, 0.717) is 12.6 Å². The lowest BCUT2D eigenvalue weighted by molar-refractivity contribution is -0.384. The van der Waals surface area contributed by atoms with Crippen molar-refractivity contribution >= 4 is 34.6 Å². The maximum absolute atomic E-state index is 11.2. The van der Waals surface area contributed by atoms with E-state index in [0.717, 1.165) is 52.1 Å². The summed E-state index contributed by atoms with van der Waals surface area (Å²) in [6.07, 6.45) is 11.6. The first-order chi connectivity index (χ1) is 17.6. The van der Waals surface area contributed by atoms with Crippen molar-refractivity contribution in [3.63, 3.8) is 0 Å². The lowest BCUT2D eigenvalue weighted by Crippen LogP contribution is -2.22. The molecule has 0 atom stereocenters. The summed E-state index contributed by atoms with van der Waals surface area (Å²) in [6.45, 7) is 0.595. The highest BCUT2D eigenvalue weighted by Crippen LogP contribution is 2.30. The minimum Gasteiger partial charge on any atom is -0.497 e. The number of aromatic nitrogens is 3. The van der Waals surface area contributed by atoms with Crippen molar-refractivity contribution in [1.29, 1.82) is 0 Å². The molecule has 2 aromatic heterocycles. The minimum atomic E-state index is -0.383. The quantitative estimate of drug-likeness (QED) is 0.233. The molecule has 0 amide bonds. The fourth-order valence-corrected chi connectivity index (χ4v) is 4.76. The zero-order chi connectivity index (χ0) is 24.9. The SMILES string of the molecule is COc1ccc(Cn2nc(/C=C/c3cccc([N+](=O)[O-])c3)c3c(NC4CCCCC4)nccc32)cc1. The number of pyridine rings is 1. The van der Waals surface area contributed by atoms with Crippen LogP contribution in [0.4, 0.5) is 11.5 Å². The normalized spacial score (nSPS) is 14.4. The Kier molecular flexibility index (Phi) is 6.93. The number of non-ortho nitro benzene ring substituents is 1. The van der Waals surface area contributed by atoms with Gasteiger partial charge in [0.15, 0.2) is 0 Å². The molecular weight excluding hydrogens is 454 g/mol. The Hall–Kier alpha value is -4.20. The number of nitrogens with one attached hydrogen (secondary N) is 1. The zero-order valence-electron chi connectivity index (χ0n) is 20.3. The Labute approximate surface area is 209 Å². The highest BCUT2D eigenvalue weighted by molar-refractivity contribution is 5.97. The second-order valence-electron chi connectivity index (χ2n) is 9.11. The number of hydrogen-bond acceptors (Lipinski definition) is 6. The summed E-state index contributed by atoms with van der Waals surface area (Å²) in [4.78, 5) is 15.5. The Morgan fingerprint density at radius 1 is 1.11 bits per heavy atom. The van der Waals surface area contributed by atoms with Gasteiger partial charge in [-0.2, -0.15) is 5.10 Å². The molecular formula is C28H29N5O3. The van der Waals surface area contributed by atoms with Gasteiger partial charge in [0.25, 0.3) is 5.69 Å². The molecule has 5 rings (SSSR count). The van der Waals surface area contributed by atoms with Gasteiger partial charge in [0.2, 0.25) is 0 Å². The van der Waals surface area contributed by atoms with Crippen LogP contribution in [0.2, 0.25) is 0 Å². The number of nitrogens with zero attached hydrogens (tertiary/aromatic N) is 4. The van der Waals surface area contributed by atoms with E-state index in [-0.39, 0.29) is 10.6 Å². The molecule has 1 fully saturated rings. The third-order valence-corrected chi connectivity index (χ3v) is 6.64. The number of rotatable bonds is 8. The van der Waals surface area contributed by atoms with E-state index in [1.807, 2.05) is 59.4 Å². The number of nitro benzene ring substituents is 1. The number of ether oxygens (including phenoxy) is 1. The molecule has 4 aromatic rings. The van der Waals surface area contributed by atoms with E-state index in [2.05, 4.69) is 5.32 Å². The van der Waals surface area contributed by atoms with Crippen LogP contribution in [-0.4, -0.2) is 32.8 Å². The Balaban J connectivity index is 1.54. The van der Waals surface area contributed by atoms with Crippen LogP contribution in [0.5, 0.6) is 5.75 Å². The summed E-state index contributed by atoms with van der Waals surface area (Å²) in [7, 11) is 1.66. The predicted molar refractivity (Wildman–Crippen MR) is 142 cm³/mol. The van der Waals surface area contributed by atoms with Crippen LogP contribution in [0.15, 0.2) is 60.8 Å². The van der Waals surface area contributed by atoms with Crippen LogP contribution in [0.1, 0.15) is 48.9 Å². The maximum atomic E-state index is 11.2. The number of methoxy groups -OCH3 is 1. The number of nitro groups is 1. The highest BCUT2D eigenvalue weighted by atomic mass is 16.6. The number of fused-ring (bicyclic) bond motifs is 1. The lowest BCUT2D eigenvalue weighted by atomic mass is 9.95. The third-order valence-electron chi connectivity index (χ3n) is 6.64. The first kappa shape index (κ1) is 23.5. The van der Waals surface area contributed by atoms with Crippen molar-refractivity contribution in [2.75, 3.05) is 12.4 Å². The van der Waals surface area contributed by atoms with E-state index in [1.165, 1.54) is 25.3 Å². The van der Waals surface area contributed by atoms with Gasteiger partial charge in [0.05, 0.1) is 35.2 Å². The van der Waals surface area contributed by atoms with E-state index in [4.69, 9.17) is 14.8 Å². The lowest BCUT2D eigenvalue weighted by Gasteiger charge is -2.23. The summed E-state index contributed by atoms with van der Waals surface area (Å²) < 4.78 is 7.27. The van der Waals surface area contributed by atoms with Crippen molar-refractivity contribution in [2.45, 2.75) is 44.7 Å². The molecule has 2 heterocycles. The molecule has 8 heteroatoms. The van der Waals surface area contributed by atoms with Gasteiger partial charge in [-0.05, 0) is 48.2 Å². The van der Waals surface area contributed by atoms with Crippen LogP contribution in [-0.2, 0) is 6.54 Å². The molecule has 0 spiro atoms. The van der Waals surface area contributed by atoms with Gasteiger partial charge in [0, 0.05) is 24.4 Å². The first-order valence-corrected chi connectivity index (χ1v) is 12.3. The molecule has 0 radical (unpaired) electrons. The fourth-order valence-electron chi connectivity index (χ4n) is 4.76. The van der Waals surface area contributed by atoms with Gasteiger partial charge in [-0.25, -0.2) is 4.98 Å². The monoisotopic (exact) mass is 483 g/mol. The second-order valence-corrected chi connectivity index (χ2v) is 9.11. The average Bonchev–Trinajstić information content (AvgIpc) is 3.27. The smallest absolute Gasteiger partial charge is 0.270 e. The Morgan fingerprint density at radius 2 is 1.92 bits per heavy atom. The molecule has 0 bridgehead atoms. The van der Waals surface area contributed by atoms with E-state index in [9.17, 15) is 10.1 Å². The fraction of sp³-hybridized carbons (Fsp3) is 0.286. The average molecular weight is 484 g/mol. The molecule has 1 aliphatic carbocycles. The molecule has 1 N–H and O–H groups in total. The van der Waals surface area contributed by atoms with Crippen LogP contribution < -0.4 is 10.1 Å². The highest BCUT2D eigenvalue weighted by Gasteiger charge is 2.19. The van der Waals surface area contributed by atoms with E-state index >= 15 is 0 Å². The molecule has 0 saturated heterocycles. The van der Waals surface area contributed by atoms with Crippen molar-refractivity contribution < 1.29 is 9.66 Å². The Bertz CT molecular complexity index is 1390. The summed E-state index contributed by atoms with van der Waals surface area (Å²) in [5.41, 5.74) is 3.67. The summed E-state index contributed by atoms with van der Waals surface area (Å²) >= 11 is 0. The van der Waals surface area contributed by atoms with Crippen LogP contribution in [0, 0.1) is 10.1 Å². The molecule has 8 nitrogen and oxygen atoms in total. The topological polar surface area (TPSA) is 95.1 Å². The van der Waals surface area contributed by atoms with Crippen LogP contribution in [0.3, 0.4) is 0 Å². The molecule has 1 saturated carbocycles. The largest absolute Gasteiger partial charge is 0.497 e. The maximum Gasteiger partial charge on any atom is 0.270 e. The summed E-state index contributed by atoms with van der Waals surface area (Å²) in [5, 5.41) is 20.8. The molecule has 36 heavy (non-hydrogen) atoms. The number of hydrogen-bond donors (Lipinski definition) is 1. The third kappa shape index (κ3) is 5.22. The molecule has 0 unspecified atom stereocenters. The van der Waals surface area contributed by atoms with E-state index in [1.54, 1.807) is 19.2 Å². The van der Waals surface area contributed by atoms with Crippen LogP contribution in [0.25, 0.3) is 23.1 Å². The minimum absolute atomic E-state index is 0.0633. The van der Waals surface area contributed by atoms with Gasteiger partial charge >= 0.3 is 0 Å². The Morgan fingerprint density at radius 3 is 2.67 bits per heavy atom. The van der Waals surface area contributed by atoms with Gasteiger partial charge in [-0.15, -0.1) is 0 Å². The standard InChI is InChI=1S/C28H29N5O3/c1-36-24-13-10-21(11-14-24)19-32-26-16-17-29-28(30-22-7-3-2-4-8-22)27(26)25(31-32)15-12-20-6-5-9-23(18-20)33(34)35/h5-6,9-18,22H,2-4,7-8,19H2,1H3,(H,29,30)/b15-12+. The second kappa shape index (κ2) is 10.6. The zero-order valence-corrected chi connectivity index (χ0v) is 20.3. The van der Waals surface area contributed by atoms with Crippen molar-refractivity contribution in [3.8, 4) is 5.75 Å². The molecule has 0 aliphatic heterocycles.